The Morgan fingerprint density at radius 1 is 1.38 bits per heavy atom. The smallest absolute Gasteiger partial charge is 0.374 e. The highest BCUT2D eigenvalue weighted by Gasteiger charge is 2.39. The van der Waals surface area contributed by atoms with Crippen LogP contribution in [-0.4, -0.2) is 17.0 Å². The Morgan fingerprint density at radius 2 is 1.94 bits per heavy atom. The van der Waals surface area contributed by atoms with Gasteiger partial charge in [-0.15, -0.1) is 0 Å². The highest BCUT2D eigenvalue weighted by atomic mass is 19.3. The average Bonchev–Trinajstić information content (AvgIpc) is 2.17. The molecule has 0 bridgehead atoms. The lowest BCUT2D eigenvalue weighted by atomic mass is 9.93. The molecule has 2 nitrogen and oxygen atoms in total. The van der Waals surface area contributed by atoms with Crippen LogP contribution in [0.25, 0.3) is 0 Å². The van der Waals surface area contributed by atoms with Crippen LogP contribution in [0.15, 0.2) is 24.3 Å². The Morgan fingerprint density at radius 3 is 2.44 bits per heavy atom. The number of carboxylic acid groups (broad SMARTS) is 1. The van der Waals surface area contributed by atoms with Crippen molar-refractivity contribution in [2.75, 3.05) is 0 Å². The maximum Gasteiger partial charge on any atom is 0.374 e. The Kier molecular flexibility index (Phi) is 3.62. The molecule has 0 aromatic heterocycles. The molecule has 16 heavy (non-hydrogen) atoms. The second-order valence-electron chi connectivity index (χ2n) is 4.04. The third-order valence-corrected chi connectivity index (χ3v) is 2.40. The van der Waals surface area contributed by atoms with Gasteiger partial charge in [-0.3, -0.25) is 0 Å². The minimum atomic E-state index is -3.70. The van der Waals surface area contributed by atoms with E-state index in [2.05, 4.69) is 0 Å². The first-order valence-electron chi connectivity index (χ1n) is 5.03. The Hall–Kier alpha value is -1.45. The quantitative estimate of drug-likeness (QED) is 0.859. The molecule has 1 rings (SSSR count). The molecular weight excluding hydrogens is 214 g/mol. The van der Waals surface area contributed by atoms with Gasteiger partial charge >= 0.3 is 11.9 Å². The number of rotatable bonds is 4. The van der Waals surface area contributed by atoms with Crippen LogP contribution < -0.4 is 0 Å². The van der Waals surface area contributed by atoms with Crippen molar-refractivity contribution in [2.45, 2.75) is 32.1 Å². The first-order chi connectivity index (χ1) is 7.34. The molecule has 0 fully saturated rings. The summed E-state index contributed by atoms with van der Waals surface area (Å²) in [6.45, 7) is 3.77. The summed E-state index contributed by atoms with van der Waals surface area (Å²) >= 11 is 0. The summed E-state index contributed by atoms with van der Waals surface area (Å²) in [5, 5.41) is 8.38. The molecule has 88 valence electrons. The van der Waals surface area contributed by atoms with Crippen molar-refractivity contribution >= 4 is 5.97 Å². The van der Waals surface area contributed by atoms with E-state index >= 15 is 0 Å². The molecule has 0 aliphatic carbocycles. The maximum atomic E-state index is 13.1. The van der Waals surface area contributed by atoms with Crippen LogP contribution in [0.4, 0.5) is 8.78 Å². The van der Waals surface area contributed by atoms with E-state index in [1.54, 1.807) is 24.3 Å². The van der Waals surface area contributed by atoms with E-state index in [9.17, 15) is 13.6 Å². The molecule has 1 aromatic rings. The molecule has 4 heteroatoms. The molecule has 0 aliphatic rings. The fourth-order valence-corrected chi connectivity index (χ4v) is 1.57. The van der Waals surface area contributed by atoms with Crippen molar-refractivity contribution in [3.8, 4) is 0 Å². The predicted octanol–water partition coefficient (Wildman–Crippen LogP) is 3.07. The second-order valence-corrected chi connectivity index (χ2v) is 4.04. The Labute approximate surface area is 92.9 Å². The molecule has 0 saturated carbocycles. The number of benzene rings is 1. The Bertz CT molecular complexity index is 386. The van der Waals surface area contributed by atoms with E-state index in [4.69, 9.17) is 5.11 Å². The van der Waals surface area contributed by atoms with Crippen LogP contribution in [0.2, 0.25) is 0 Å². The SMILES string of the molecule is CC(C)c1ccccc1CC(F)(F)C(=O)O. The van der Waals surface area contributed by atoms with Gasteiger partial charge in [-0.25, -0.2) is 4.79 Å². The zero-order chi connectivity index (χ0) is 12.3. The van der Waals surface area contributed by atoms with Gasteiger partial charge in [0, 0.05) is 6.42 Å². The van der Waals surface area contributed by atoms with Crippen LogP contribution in [0.5, 0.6) is 0 Å². The van der Waals surface area contributed by atoms with Crippen LogP contribution in [0.1, 0.15) is 30.9 Å². The maximum absolute atomic E-state index is 13.1. The number of hydrogen-bond donors (Lipinski definition) is 1. The van der Waals surface area contributed by atoms with E-state index in [1.165, 1.54) is 0 Å². The first-order valence-corrected chi connectivity index (χ1v) is 5.03. The van der Waals surface area contributed by atoms with Gasteiger partial charge in [0.15, 0.2) is 0 Å². The van der Waals surface area contributed by atoms with E-state index < -0.39 is 18.3 Å². The van der Waals surface area contributed by atoms with Gasteiger partial charge in [-0.1, -0.05) is 38.1 Å². The highest BCUT2D eigenvalue weighted by Crippen LogP contribution is 2.26. The van der Waals surface area contributed by atoms with Crippen LogP contribution >= 0.6 is 0 Å². The van der Waals surface area contributed by atoms with Crippen molar-refractivity contribution in [2.24, 2.45) is 0 Å². The third kappa shape index (κ3) is 2.78. The normalized spacial score (nSPS) is 11.8. The van der Waals surface area contributed by atoms with Gasteiger partial charge in [0.25, 0.3) is 0 Å². The summed E-state index contributed by atoms with van der Waals surface area (Å²) < 4.78 is 26.2. The number of hydrogen-bond acceptors (Lipinski definition) is 1. The van der Waals surface area contributed by atoms with Crippen LogP contribution in [-0.2, 0) is 11.2 Å². The number of carboxylic acids is 1. The molecular formula is C12H14F2O2. The number of aliphatic carboxylic acids is 1. The summed E-state index contributed by atoms with van der Waals surface area (Å²) in [6.07, 6.45) is -0.753. The van der Waals surface area contributed by atoms with E-state index in [0.29, 0.717) is 5.56 Å². The second kappa shape index (κ2) is 4.60. The standard InChI is InChI=1S/C12H14F2O2/c1-8(2)10-6-4-3-5-9(10)7-12(13,14)11(15)16/h3-6,8H,7H2,1-2H3,(H,15,16). The van der Waals surface area contributed by atoms with Crippen LogP contribution in [0.3, 0.4) is 0 Å². The minimum absolute atomic E-state index is 0.0980. The summed E-state index contributed by atoms with van der Waals surface area (Å²) in [7, 11) is 0. The molecule has 0 unspecified atom stereocenters. The van der Waals surface area contributed by atoms with E-state index in [0.717, 1.165) is 5.56 Å². The minimum Gasteiger partial charge on any atom is -0.477 e. The number of alkyl halides is 2. The molecule has 1 aromatic carbocycles. The van der Waals surface area contributed by atoms with Crippen molar-refractivity contribution in [1.82, 2.24) is 0 Å². The van der Waals surface area contributed by atoms with Crippen molar-refractivity contribution < 1.29 is 18.7 Å². The van der Waals surface area contributed by atoms with E-state index in [-0.39, 0.29) is 5.92 Å². The summed E-state index contributed by atoms with van der Waals surface area (Å²) in [4.78, 5) is 10.4. The van der Waals surface area contributed by atoms with Gasteiger partial charge in [0.1, 0.15) is 0 Å². The predicted molar refractivity (Wildman–Crippen MR) is 56.8 cm³/mol. The van der Waals surface area contributed by atoms with E-state index in [1.807, 2.05) is 13.8 Å². The number of carbonyl (C=O) groups is 1. The largest absolute Gasteiger partial charge is 0.477 e. The molecule has 0 atom stereocenters. The summed E-state index contributed by atoms with van der Waals surface area (Å²) in [5.41, 5.74) is 1.16. The monoisotopic (exact) mass is 228 g/mol. The molecule has 0 saturated heterocycles. The molecule has 1 N–H and O–H groups in total. The van der Waals surface area contributed by atoms with Gasteiger partial charge in [-0.05, 0) is 17.0 Å². The van der Waals surface area contributed by atoms with Gasteiger partial charge in [0.2, 0.25) is 0 Å². The molecule has 0 aliphatic heterocycles. The molecule has 0 heterocycles. The topological polar surface area (TPSA) is 37.3 Å². The summed E-state index contributed by atoms with van der Waals surface area (Å²) in [6, 6.07) is 6.70. The Balaban J connectivity index is 3.01. The lowest BCUT2D eigenvalue weighted by Crippen LogP contribution is -2.31. The molecule has 0 spiro atoms. The summed E-state index contributed by atoms with van der Waals surface area (Å²) in [5.74, 6) is -5.68. The lowest BCUT2D eigenvalue weighted by molar-refractivity contribution is -0.164. The van der Waals surface area contributed by atoms with Gasteiger partial charge in [0.05, 0.1) is 0 Å². The van der Waals surface area contributed by atoms with Gasteiger partial charge in [-0.2, -0.15) is 8.78 Å². The zero-order valence-corrected chi connectivity index (χ0v) is 9.21. The average molecular weight is 228 g/mol. The van der Waals surface area contributed by atoms with Crippen LogP contribution in [0, 0.1) is 0 Å². The van der Waals surface area contributed by atoms with Crippen molar-refractivity contribution in [1.29, 1.82) is 0 Å². The fraction of sp³-hybridized carbons (Fsp3) is 0.417. The molecule has 0 radical (unpaired) electrons. The molecule has 0 amide bonds. The zero-order valence-electron chi connectivity index (χ0n) is 9.21. The third-order valence-electron chi connectivity index (χ3n) is 2.40. The number of halogens is 2. The fourth-order valence-electron chi connectivity index (χ4n) is 1.57. The highest BCUT2D eigenvalue weighted by molar-refractivity contribution is 5.75. The lowest BCUT2D eigenvalue weighted by Gasteiger charge is -2.16. The van der Waals surface area contributed by atoms with Crippen molar-refractivity contribution in [3.05, 3.63) is 35.4 Å². The van der Waals surface area contributed by atoms with Gasteiger partial charge < -0.3 is 5.11 Å². The van der Waals surface area contributed by atoms with Crippen molar-refractivity contribution in [3.63, 3.8) is 0 Å². The first kappa shape index (κ1) is 12.6.